The number of likely N-dealkylation sites (tertiary alicyclic amines) is 1. The lowest BCUT2D eigenvalue weighted by Gasteiger charge is -2.35. The molecule has 5 heteroatoms. The van der Waals surface area contributed by atoms with Crippen LogP contribution in [-0.4, -0.2) is 43.7 Å². The molecule has 5 nitrogen and oxygen atoms in total. The highest BCUT2D eigenvalue weighted by Crippen LogP contribution is 2.33. The van der Waals surface area contributed by atoms with Crippen molar-refractivity contribution in [3.63, 3.8) is 0 Å². The minimum Gasteiger partial charge on any atom is -0.496 e. The van der Waals surface area contributed by atoms with Gasteiger partial charge in [0.25, 0.3) is 0 Å². The molecular formula is C20H30N2O3. The summed E-state index contributed by atoms with van der Waals surface area (Å²) in [5.41, 5.74) is 9.25. The molecule has 0 bridgehead atoms. The molecule has 2 saturated heterocycles. The smallest absolute Gasteiger partial charge is 0.223 e. The van der Waals surface area contributed by atoms with E-state index in [4.69, 9.17) is 15.2 Å². The Bertz CT molecular complexity index is 600. The maximum absolute atomic E-state index is 11.6. The summed E-state index contributed by atoms with van der Waals surface area (Å²) >= 11 is 0. The third kappa shape index (κ3) is 3.98. The number of piperidine rings is 1. The van der Waals surface area contributed by atoms with Crippen LogP contribution in [0.5, 0.6) is 5.75 Å². The Morgan fingerprint density at radius 2 is 1.88 bits per heavy atom. The molecule has 2 N–H and O–H groups in total. The van der Waals surface area contributed by atoms with Crippen LogP contribution in [0.4, 0.5) is 0 Å². The summed E-state index contributed by atoms with van der Waals surface area (Å²) in [5, 5.41) is 0. The van der Waals surface area contributed by atoms with Crippen LogP contribution in [0.2, 0.25) is 0 Å². The fourth-order valence-electron chi connectivity index (χ4n) is 4.53. The second-order valence-electron chi connectivity index (χ2n) is 7.51. The summed E-state index contributed by atoms with van der Waals surface area (Å²) in [6.45, 7) is 7.91. The Hall–Kier alpha value is -1.59. The van der Waals surface area contributed by atoms with Gasteiger partial charge in [-0.2, -0.15) is 0 Å². The molecule has 2 fully saturated rings. The van der Waals surface area contributed by atoms with E-state index in [9.17, 15) is 4.79 Å². The topological polar surface area (TPSA) is 64.8 Å². The average Bonchev–Trinajstić information content (AvgIpc) is 3.05. The molecule has 1 amide bonds. The molecule has 138 valence electrons. The predicted octanol–water partition coefficient (Wildman–Crippen LogP) is 2.41. The van der Waals surface area contributed by atoms with E-state index < -0.39 is 0 Å². The molecule has 25 heavy (non-hydrogen) atoms. The highest BCUT2D eigenvalue weighted by molar-refractivity contribution is 5.77. The van der Waals surface area contributed by atoms with Crippen LogP contribution < -0.4 is 10.5 Å². The third-order valence-corrected chi connectivity index (χ3v) is 5.73. The SMILES string of the molecule is COc1c(C)cc(CN2CCC([C@H]3OCC[C@@H]3C(N)=O)CC2)cc1C. The predicted molar refractivity (Wildman–Crippen MR) is 97.5 cm³/mol. The van der Waals surface area contributed by atoms with Gasteiger partial charge >= 0.3 is 0 Å². The molecule has 3 rings (SSSR count). The number of benzene rings is 1. The van der Waals surface area contributed by atoms with Crippen molar-refractivity contribution in [3.8, 4) is 5.75 Å². The van der Waals surface area contributed by atoms with Gasteiger partial charge in [0.15, 0.2) is 0 Å². The average molecular weight is 346 g/mol. The van der Waals surface area contributed by atoms with Gasteiger partial charge in [0.2, 0.25) is 5.91 Å². The fourth-order valence-corrected chi connectivity index (χ4v) is 4.53. The fraction of sp³-hybridized carbons (Fsp3) is 0.650. The number of carbonyl (C=O) groups is 1. The Labute approximate surface area is 150 Å². The van der Waals surface area contributed by atoms with Crippen molar-refractivity contribution in [1.29, 1.82) is 0 Å². The quantitative estimate of drug-likeness (QED) is 0.889. The molecule has 2 heterocycles. The van der Waals surface area contributed by atoms with Gasteiger partial charge in [0.05, 0.1) is 19.1 Å². The molecule has 0 unspecified atom stereocenters. The molecule has 0 radical (unpaired) electrons. The van der Waals surface area contributed by atoms with E-state index in [1.165, 1.54) is 16.7 Å². The highest BCUT2D eigenvalue weighted by Gasteiger charge is 2.39. The van der Waals surface area contributed by atoms with Crippen LogP contribution in [0.15, 0.2) is 12.1 Å². The van der Waals surface area contributed by atoms with Crippen LogP contribution in [0.1, 0.15) is 36.0 Å². The van der Waals surface area contributed by atoms with E-state index in [0.29, 0.717) is 12.5 Å². The first kappa shape index (κ1) is 18.2. The van der Waals surface area contributed by atoms with Gasteiger partial charge < -0.3 is 15.2 Å². The molecule has 1 aromatic carbocycles. The minimum atomic E-state index is -0.200. The zero-order valence-corrected chi connectivity index (χ0v) is 15.6. The van der Waals surface area contributed by atoms with Crippen molar-refractivity contribution in [3.05, 3.63) is 28.8 Å². The number of hydrogen-bond donors (Lipinski definition) is 1. The molecule has 0 spiro atoms. The number of amides is 1. The lowest BCUT2D eigenvalue weighted by Crippen LogP contribution is -2.41. The van der Waals surface area contributed by atoms with Gasteiger partial charge in [-0.15, -0.1) is 0 Å². The standard InChI is InChI=1S/C20H30N2O3/c1-13-10-15(11-14(2)18(13)24-3)12-22-7-4-16(5-8-22)19-17(20(21)23)6-9-25-19/h10-11,16-17,19H,4-9,12H2,1-3H3,(H2,21,23)/t17-,19+/m0/s1. The number of nitrogens with two attached hydrogens (primary N) is 1. The minimum absolute atomic E-state index is 0.0325. The number of aryl methyl sites for hydroxylation is 2. The van der Waals surface area contributed by atoms with Gasteiger partial charge in [0.1, 0.15) is 5.75 Å². The van der Waals surface area contributed by atoms with Crippen LogP contribution in [0.25, 0.3) is 0 Å². The highest BCUT2D eigenvalue weighted by atomic mass is 16.5. The van der Waals surface area contributed by atoms with Crippen LogP contribution >= 0.6 is 0 Å². The number of rotatable bonds is 5. The number of hydrogen-bond acceptors (Lipinski definition) is 4. The Kier molecular flexibility index (Phi) is 5.64. The molecule has 2 aliphatic heterocycles. The van der Waals surface area contributed by atoms with Crippen LogP contribution in [0, 0.1) is 25.7 Å². The third-order valence-electron chi connectivity index (χ3n) is 5.73. The number of primary amides is 1. The first-order chi connectivity index (χ1) is 12.0. The Morgan fingerprint density at radius 3 is 2.44 bits per heavy atom. The Morgan fingerprint density at radius 1 is 1.24 bits per heavy atom. The lowest BCUT2D eigenvalue weighted by molar-refractivity contribution is -0.124. The first-order valence-electron chi connectivity index (χ1n) is 9.27. The van der Waals surface area contributed by atoms with Gasteiger partial charge in [-0.05, 0) is 68.8 Å². The van der Waals surface area contributed by atoms with Gasteiger partial charge in [0, 0.05) is 13.2 Å². The Balaban J connectivity index is 1.57. The van der Waals surface area contributed by atoms with Gasteiger partial charge in [-0.1, -0.05) is 12.1 Å². The number of ether oxygens (including phenoxy) is 2. The second kappa shape index (κ2) is 7.75. The summed E-state index contributed by atoms with van der Waals surface area (Å²) < 4.78 is 11.3. The molecule has 0 aliphatic carbocycles. The van der Waals surface area contributed by atoms with Crippen LogP contribution in [-0.2, 0) is 16.1 Å². The van der Waals surface area contributed by atoms with E-state index in [1.807, 2.05) is 0 Å². The first-order valence-corrected chi connectivity index (χ1v) is 9.27. The molecule has 1 aromatic rings. The number of carbonyl (C=O) groups excluding carboxylic acids is 1. The molecule has 2 atom stereocenters. The van der Waals surface area contributed by atoms with Crippen molar-refractivity contribution < 1.29 is 14.3 Å². The molecule has 2 aliphatic rings. The van der Waals surface area contributed by atoms with Crippen molar-refractivity contribution in [1.82, 2.24) is 4.90 Å². The van der Waals surface area contributed by atoms with Crippen LogP contribution in [0.3, 0.4) is 0 Å². The second-order valence-corrected chi connectivity index (χ2v) is 7.51. The summed E-state index contributed by atoms with van der Waals surface area (Å²) in [6.07, 6.45) is 2.96. The summed E-state index contributed by atoms with van der Waals surface area (Å²) in [7, 11) is 1.73. The zero-order chi connectivity index (χ0) is 18.0. The van der Waals surface area contributed by atoms with Crippen molar-refractivity contribution in [2.24, 2.45) is 17.6 Å². The largest absolute Gasteiger partial charge is 0.496 e. The molecule has 0 saturated carbocycles. The number of methoxy groups -OCH3 is 1. The molecular weight excluding hydrogens is 316 g/mol. The normalized spacial score (nSPS) is 25.2. The van der Waals surface area contributed by atoms with E-state index in [1.54, 1.807) is 7.11 Å². The summed E-state index contributed by atoms with van der Waals surface area (Å²) in [6, 6.07) is 4.45. The lowest BCUT2D eigenvalue weighted by atomic mass is 9.84. The number of nitrogens with zero attached hydrogens (tertiary/aromatic N) is 1. The van der Waals surface area contributed by atoms with E-state index in [0.717, 1.165) is 44.6 Å². The van der Waals surface area contributed by atoms with E-state index in [-0.39, 0.29) is 17.9 Å². The van der Waals surface area contributed by atoms with Gasteiger partial charge in [-0.25, -0.2) is 0 Å². The maximum atomic E-state index is 11.6. The summed E-state index contributed by atoms with van der Waals surface area (Å²) in [5.74, 6) is 1.14. The van der Waals surface area contributed by atoms with Crippen molar-refractivity contribution >= 4 is 5.91 Å². The van der Waals surface area contributed by atoms with Crippen molar-refractivity contribution in [2.45, 2.75) is 45.8 Å². The monoisotopic (exact) mass is 346 g/mol. The van der Waals surface area contributed by atoms with Crippen molar-refractivity contribution in [2.75, 3.05) is 26.8 Å². The summed E-state index contributed by atoms with van der Waals surface area (Å²) in [4.78, 5) is 14.1. The zero-order valence-electron chi connectivity index (χ0n) is 15.6. The van der Waals surface area contributed by atoms with E-state index >= 15 is 0 Å². The molecule has 0 aromatic heterocycles. The van der Waals surface area contributed by atoms with Gasteiger partial charge in [-0.3, -0.25) is 9.69 Å². The maximum Gasteiger partial charge on any atom is 0.223 e. The van der Waals surface area contributed by atoms with E-state index in [2.05, 4.69) is 30.9 Å².